The first-order chi connectivity index (χ1) is 11.6. The number of hydrogen-bond donors (Lipinski definition) is 0. The van der Waals surface area contributed by atoms with Gasteiger partial charge in [0.15, 0.2) is 5.78 Å². The zero-order valence-corrected chi connectivity index (χ0v) is 14.7. The van der Waals surface area contributed by atoms with Crippen molar-refractivity contribution in [1.29, 1.82) is 0 Å². The molecule has 1 fully saturated rings. The van der Waals surface area contributed by atoms with E-state index in [1.807, 2.05) is 36.4 Å². The minimum absolute atomic E-state index is 0.0651. The van der Waals surface area contributed by atoms with Gasteiger partial charge >= 0.3 is 0 Å². The maximum atomic E-state index is 12.9. The van der Waals surface area contributed by atoms with Crippen molar-refractivity contribution in [2.24, 2.45) is 11.8 Å². The van der Waals surface area contributed by atoms with E-state index in [9.17, 15) is 4.79 Å². The molecule has 1 aliphatic heterocycles. The van der Waals surface area contributed by atoms with Crippen LogP contribution in [0.3, 0.4) is 0 Å². The zero-order chi connectivity index (χ0) is 16.9. The van der Waals surface area contributed by atoms with Crippen LogP contribution in [-0.2, 0) is 6.42 Å². The van der Waals surface area contributed by atoms with Crippen molar-refractivity contribution in [2.45, 2.75) is 19.3 Å². The van der Waals surface area contributed by atoms with Gasteiger partial charge in [0.2, 0.25) is 0 Å². The Morgan fingerprint density at radius 2 is 2.17 bits per heavy atom. The highest BCUT2D eigenvalue weighted by molar-refractivity contribution is 6.30. The Hall–Kier alpha value is -1.71. The maximum absolute atomic E-state index is 12.9. The normalized spacial score (nSPS) is 21.6. The van der Waals surface area contributed by atoms with Crippen LogP contribution in [-0.4, -0.2) is 35.8 Å². The lowest BCUT2D eigenvalue weighted by molar-refractivity contribution is 0.0728. The number of rotatable bonds is 5. The first-order valence-corrected chi connectivity index (χ1v) is 8.89. The van der Waals surface area contributed by atoms with Gasteiger partial charge in [-0.25, -0.2) is 0 Å². The number of aromatic nitrogens is 1. The number of Topliss-reactive ketones (excluding diaryl/α,β-unsaturated/α-hetero) is 1. The molecule has 0 bridgehead atoms. The second-order valence-corrected chi connectivity index (χ2v) is 7.10. The van der Waals surface area contributed by atoms with Gasteiger partial charge in [-0.3, -0.25) is 9.78 Å². The first-order valence-electron chi connectivity index (χ1n) is 8.51. The Morgan fingerprint density at radius 1 is 1.29 bits per heavy atom. The summed E-state index contributed by atoms with van der Waals surface area (Å²) in [5, 5.41) is 0.773. The smallest absolute Gasteiger partial charge is 0.184 e. The molecule has 4 heteroatoms. The number of likely N-dealkylation sites (tertiary alicyclic amines) is 1. The van der Waals surface area contributed by atoms with Gasteiger partial charge in [0, 0.05) is 23.7 Å². The lowest BCUT2D eigenvalue weighted by atomic mass is 9.78. The third-order valence-electron chi connectivity index (χ3n) is 4.88. The second-order valence-electron chi connectivity index (χ2n) is 6.67. The molecule has 2 heterocycles. The monoisotopic (exact) mass is 342 g/mol. The molecule has 3 nitrogen and oxygen atoms in total. The fraction of sp³-hybridized carbons (Fsp3) is 0.400. The Labute approximate surface area is 148 Å². The summed E-state index contributed by atoms with van der Waals surface area (Å²) in [6, 6.07) is 13.6. The van der Waals surface area contributed by atoms with Crippen LogP contribution >= 0.6 is 11.6 Å². The van der Waals surface area contributed by atoms with Gasteiger partial charge in [0.25, 0.3) is 0 Å². The quantitative estimate of drug-likeness (QED) is 0.766. The number of piperidine rings is 1. The summed E-state index contributed by atoms with van der Waals surface area (Å²) >= 11 is 6.08. The van der Waals surface area contributed by atoms with Crippen molar-refractivity contribution < 1.29 is 4.79 Å². The Balaban J connectivity index is 1.71. The van der Waals surface area contributed by atoms with Gasteiger partial charge in [0.1, 0.15) is 5.69 Å². The molecule has 0 radical (unpaired) electrons. The van der Waals surface area contributed by atoms with Crippen LogP contribution in [0.15, 0.2) is 48.7 Å². The van der Waals surface area contributed by atoms with E-state index in [0.717, 1.165) is 37.4 Å². The van der Waals surface area contributed by atoms with Crippen LogP contribution in [0.2, 0.25) is 5.02 Å². The summed E-state index contributed by atoms with van der Waals surface area (Å²) in [5.74, 6) is 0.618. The molecule has 0 unspecified atom stereocenters. The summed E-state index contributed by atoms with van der Waals surface area (Å²) in [6.45, 7) is 1.93. The van der Waals surface area contributed by atoms with Crippen LogP contribution in [0.5, 0.6) is 0 Å². The van der Waals surface area contributed by atoms with Crippen LogP contribution < -0.4 is 0 Å². The second kappa shape index (κ2) is 7.91. The molecule has 1 aliphatic rings. The van der Waals surface area contributed by atoms with Crippen molar-refractivity contribution >= 4 is 17.4 Å². The number of hydrogen-bond acceptors (Lipinski definition) is 3. The number of carbonyl (C=O) groups is 1. The van der Waals surface area contributed by atoms with E-state index in [-0.39, 0.29) is 11.7 Å². The Morgan fingerprint density at radius 3 is 2.92 bits per heavy atom. The number of ketones is 1. The molecule has 0 amide bonds. The molecular weight excluding hydrogens is 320 g/mol. The van der Waals surface area contributed by atoms with Crippen LogP contribution in [0, 0.1) is 11.8 Å². The predicted molar refractivity (Wildman–Crippen MR) is 97.4 cm³/mol. The molecule has 2 aromatic rings. The largest absolute Gasteiger partial charge is 0.306 e. The van der Waals surface area contributed by atoms with E-state index in [2.05, 4.69) is 23.0 Å². The molecule has 0 aliphatic carbocycles. The van der Waals surface area contributed by atoms with Gasteiger partial charge in [0.05, 0.1) is 0 Å². The lowest BCUT2D eigenvalue weighted by Gasteiger charge is -2.36. The number of nitrogens with zero attached hydrogens (tertiary/aromatic N) is 2. The number of halogens is 1. The zero-order valence-electron chi connectivity index (χ0n) is 14.0. The molecule has 0 N–H and O–H groups in total. The summed E-state index contributed by atoms with van der Waals surface area (Å²) < 4.78 is 0. The molecule has 2 atom stereocenters. The third kappa shape index (κ3) is 4.22. The highest BCUT2D eigenvalue weighted by Crippen LogP contribution is 2.30. The van der Waals surface area contributed by atoms with Crippen molar-refractivity contribution in [3.63, 3.8) is 0 Å². The number of carbonyl (C=O) groups excluding carboxylic acids is 1. The summed E-state index contributed by atoms with van der Waals surface area (Å²) in [4.78, 5) is 19.5. The average molecular weight is 343 g/mol. The Bertz CT molecular complexity index is 689. The minimum Gasteiger partial charge on any atom is -0.306 e. The Kier molecular flexibility index (Phi) is 5.64. The van der Waals surface area contributed by atoms with Gasteiger partial charge in [-0.2, -0.15) is 0 Å². The van der Waals surface area contributed by atoms with Crippen LogP contribution in [0.25, 0.3) is 0 Å². The minimum atomic E-state index is 0.0651. The van der Waals surface area contributed by atoms with E-state index in [4.69, 9.17) is 11.6 Å². The standard InChI is InChI=1S/C20H23ClN2O/c1-23-12-10-18(20(24)19-7-2-3-11-22-19)16(14-23)9-8-15-5-4-6-17(21)13-15/h2-7,11,13,16,18H,8-10,12,14H2,1H3/t16-,18+/m0/s1. The van der Waals surface area contributed by atoms with Gasteiger partial charge in [-0.15, -0.1) is 0 Å². The van der Waals surface area contributed by atoms with Crippen LogP contribution in [0.4, 0.5) is 0 Å². The number of aryl methyl sites for hydroxylation is 1. The highest BCUT2D eigenvalue weighted by atomic mass is 35.5. The highest BCUT2D eigenvalue weighted by Gasteiger charge is 2.33. The van der Waals surface area contributed by atoms with Crippen molar-refractivity contribution in [1.82, 2.24) is 9.88 Å². The molecule has 126 valence electrons. The molecule has 1 aromatic carbocycles. The molecule has 24 heavy (non-hydrogen) atoms. The van der Waals surface area contributed by atoms with E-state index in [1.54, 1.807) is 6.20 Å². The first kappa shape index (κ1) is 17.1. The average Bonchev–Trinajstić information content (AvgIpc) is 2.60. The summed E-state index contributed by atoms with van der Waals surface area (Å²) in [7, 11) is 2.13. The molecule has 1 aromatic heterocycles. The number of benzene rings is 1. The van der Waals surface area contributed by atoms with Crippen molar-refractivity contribution in [3.8, 4) is 0 Å². The van der Waals surface area contributed by atoms with Crippen LogP contribution in [0.1, 0.15) is 28.9 Å². The van der Waals surface area contributed by atoms with E-state index in [1.165, 1.54) is 5.56 Å². The third-order valence-corrected chi connectivity index (χ3v) is 5.12. The SMILES string of the molecule is CN1CC[C@@H](C(=O)c2ccccn2)[C@@H](CCc2cccc(Cl)c2)C1. The molecule has 3 rings (SSSR count). The van der Waals surface area contributed by atoms with E-state index >= 15 is 0 Å². The summed E-state index contributed by atoms with van der Waals surface area (Å²) in [6.07, 6.45) is 4.55. The molecule has 1 saturated heterocycles. The van der Waals surface area contributed by atoms with E-state index in [0.29, 0.717) is 11.6 Å². The van der Waals surface area contributed by atoms with Crippen molar-refractivity contribution in [2.75, 3.05) is 20.1 Å². The topological polar surface area (TPSA) is 33.2 Å². The molecular formula is C20H23ClN2O. The fourth-order valence-corrected chi connectivity index (χ4v) is 3.81. The molecule has 0 saturated carbocycles. The molecule has 0 spiro atoms. The van der Waals surface area contributed by atoms with Gasteiger partial charge < -0.3 is 4.90 Å². The maximum Gasteiger partial charge on any atom is 0.184 e. The van der Waals surface area contributed by atoms with Gasteiger partial charge in [-0.05, 0) is 68.6 Å². The summed E-state index contributed by atoms with van der Waals surface area (Å²) in [5.41, 5.74) is 1.83. The predicted octanol–water partition coefficient (Wildman–Crippen LogP) is 4.12. The fourth-order valence-electron chi connectivity index (χ4n) is 3.59. The lowest BCUT2D eigenvalue weighted by Crippen LogP contribution is -2.41. The van der Waals surface area contributed by atoms with E-state index < -0.39 is 0 Å². The number of pyridine rings is 1. The van der Waals surface area contributed by atoms with Crippen molar-refractivity contribution in [3.05, 3.63) is 64.9 Å². The van der Waals surface area contributed by atoms with Gasteiger partial charge in [-0.1, -0.05) is 29.8 Å².